The fraction of sp³-hybridized carbons (Fsp3) is 0.526. The zero-order valence-corrected chi connectivity index (χ0v) is 16.5. The molecule has 0 fully saturated rings. The number of ether oxygens (including phenoxy) is 1. The van der Waals surface area contributed by atoms with Crippen molar-refractivity contribution in [2.24, 2.45) is 12.0 Å². The summed E-state index contributed by atoms with van der Waals surface area (Å²) in [4.78, 5) is 4.62. The number of hydrogen-bond donors (Lipinski definition) is 2. The van der Waals surface area contributed by atoms with Crippen LogP contribution in [0.5, 0.6) is 0 Å². The lowest BCUT2D eigenvalue weighted by Gasteiger charge is -2.13. The molecule has 0 amide bonds. The monoisotopic (exact) mass is 358 g/mol. The Hall–Kier alpha value is -2.41. The summed E-state index contributed by atoms with van der Waals surface area (Å²) >= 11 is 0. The number of aryl methyl sites for hydroxylation is 3. The van der Waals surface area contributed by atoms with Crippen LogP contribution in [0.2, 0.25) is 0 Å². The molecule has 2 N–H and O–H groups in total. The molecule has 7 heteroatoms. The predicted octanol–water partition coefficient (Wildman–Crippen LogP) is 1.66. The topological polar surface area (TPSA) is 76.4 Å². The van der Waals surface area contributed by atoms with Crippen molar-refractivity contribution in [3.63, 3.8) is 0 Å². The van der Waals surface area contributed by atoms with Gasteiger partial charge in [-0.2, -0.15) is 0 Å². The first-order valence-corrected chi connectivity index (χ1v) is 8.92. The van der Waals surface area contributed by atoms with E-state index in [9.17, 15) is 0 Å². The quantitative estimate of drug-likeness (QED) is 0.426. The molecular weight excluding hydrogens is 328 g/mol. The zero-order valence-electron chi connectivity index (χ0n) is 16.5. The first kappa shape index (κ1) is 19.9. The average molecular weight is 358 g/mol. The van der Waals surface area contributed by atoms with Crippen molar-refractivity contribution in [3.8, 4) is 0 Å². The smallest absolute Gasteiger partial charge is 0.191 e. The van der Waals surface area contributed by atoms with E-state index in [4.69, 9.17) is 4.74 Å². The van der Waals surface area contributed by atoms with Crippen molar-refractivity contribution in [1.82, 2.24) is 25.4 Å². The molecule has 0 bridgehead atoms. The predicted molar refractivity (Wildman–Crippen MR) is 104 cm³/mol. The Morgan fingerprint density at radius 1 is 1.08 bits per heavy atom. The maximum atomic E-state index is 5.11. The number of nitrogens with zero attached hydrogens (tertiary/aromatic N) is 4. The first-order chi connectivity index (χ1) is 12.5. The lowest BCUT2D eigenvalue weighted by atomic mass is 10.1. The van der Waals surface area contributed by atoms with Crippen LogP contribution in [0, 0.1) is 20.8 Å². The maximum Gasteiger partial charge on any atom is 0.191 e. The van der Waals surface area contributed by atoms with Crippen molar-refractivity contribution < 1.29 is 4.74 Å². The van der Waals surface area contributed by atoms with Crippen LogP contribution in [0.4, 0.5) is 0 Å². The van der Waals surface area contributed by atoms with Crippen LogP contribution < -0.4 is 10.6 Å². The van der Waals surface area contributed by atoms with Gasteiger partial charge in [-0.05, 0) is 32.8 Å². The molecule has 0 spiro atoms. The molecule has 0 radical (unpaired) electrons. The highest BCUT2D eigenvalue weighted by Gasteiger charge is 2.05. The van der Waals surface area contributed by atoms with E-state index in [0.29, 0.717) is 19.7 Å². The molecule has 0 atom stereocenters. The number of methoxy groups -OCH3 is 1. The summed E-state index contributed by atoms with van der Waals surface area (Å²) in [7, 11) is 3.64. The second-order valence-corrected chi connectivity index (χ2v) is 6.48. The number of hydrogen-bond acceptors (Lipinski definition) is 4. The standard InChI is InChI=1S/C19H30N6O/c1-14-10-15(2)12-17(11-14)6-7-20-19(21-8-9-26-5)22-13-18-24-23-16(3)25(18)4/h10-12H,6-9,13H2,1-5H3,(H2,20,21,22). The minimum atomic E-state index is 0.475. The molecule has 2 aromatic rings. The van der Waals surface area contributed by atoms with E-state index >= 15 is 0 Å². The van der Waals surface area contributed by atoms with Crippen molar-refractivity contribution >= 4 is 5.96 Å². The number of aromatic nitrogens is 3. The van der Waals surface area contributed by atoms with Gasteiger partial charge in [-0.15, -0.1) is 10.2 Å². The third-order valence-corrected chi connectivity index (χ3v) is 4.15. The third kappa shape index (κ3) is 6.15. The summed E-state index contributed by atoms with van der Waals surface area (Å²) in [5.74, 6) is 2.48. The normalized spacial score (nSPS) is 11.7. The lowest BCUT2D eigenvalue weighted by molar-refractivity contribution is 0.203. The molecule has 142 valence electrons. The molecule has 2 rings (SSSR count). The van der Waals surface area contributed by atoms with Gasteiger partial charge in [-0.25, -0.2) is 4.99 Å². The molecule has 1 heterocycles. The number of aliphatic imine (C=N–C) groups is 1. The van der Waals surface area contributed by atoms with Crippen molar-refractivity contribution in [1.29, 1.82) is 0 Å². The summed E-state index contributed by atoms with van der Waals surface area (Å²) < 4.78 is 7.06. The van der Waals surface area contributed by atoms with Gasteiger partial charge >= 0.3 is 0 Å². The van der Waals surface area contributed by atoms with E-state index in [1.807, 2.05) is 18.5 Å². The summed E-state index contributed by atoms with van der Waals surface area (Å²) in [5.41, 5.74) is 3.92. The Labute approximate surface area is 155 Å². The fourth-order valence-electron chi connectivity index (χ4n) is 2.72. The van der Waals surface area contributed by atoms with Crippen molar-refractivity contribution in [2.45, 2.75) is 33.7 Å². The lowest BCUT2D eigenvalue weighted by Crippen LogP contribution is -2.40. The van der Waals surface area contributed by atoms with E-state index in [-0.39, 0.29) is 0 Å². The van der Waals surface area contributed by atoms with Crippen LogP contribution >= 0.6 is 0 Å². The molecule has 0 aliphatic heterocycles. The van der Waals surface area contributed by atoms with Crippen molar-refractivity contribution in [3.05, 3.63) is 46.5 Å². The second kappa shape index (κ2) is 9.91. The highest BCUT2D eigenvalue weighted by atomic mass is 16.5. The Bertz CT molecular complexity index is 717. The maximum absolute atomic E-state index is 5.11. The van der Waals surface area contributed by atoms with E-state index < -0.39 is 0 Å². The van der Waals surface area contributed by atoms with Gasteiger partial charge < -0.3 is 19.9 Å². The minimum absolute atomic E-state index is 0.475. The SMILES string of the molecule is COCCNC(=NCc1nnc(C)n1C)NCCc1cc(C)cc(C)c1. The van der Waals surface area contributed by atoms with E-state index in [0.717, 1.165) is 30.6 Å². The van der Waals surface area contributed by atoms with E-state index in [1.165, 1.54) is 16.7 Å². The van der Waals surface area contributed by atoms with Crippen LogP contribution in [-0.2, 0) is 24.8 Å². The largest absolute Gasteiger partial charge is 0.383 e. The molecule has 1 aromatic carbocycles. The number of rotatable bonds is 8. The van der Waals surface area contributed by atoms with Gasteiger partial charge in [0.2, 0.25) is 0 Å². The van der Waals surface area contributed by atoms with Gasteiger partial charge in [-0.1, -0.05) is 29.3 Å². The Kier molecular flexibility index (Phi) is 7.59. The number of nitrogens with one attached hydrogen (secondary N) is 2. The molecule has 7 nitrogen and oxygen atoms in total. The molecular formula is C19H30N6O. The summed E-state index contributed by atoms with van der Waals surface area (Å²) in [6.07, 6.45) is 0.941. The molecule has 26 heavy (non-hydrogen) atoms. The Morgan fingerprint density at radius 2 is 1.77 bits per heavy atom. The molecule has 0 saturated carbocycles. The molecule has 0 aliphatic rings. The highest BCUT2D eigenvalue weighted by molar-refractivity contribution is 5.79. The van der Waals surface area contributed by atoms with Crippen molar-refractivity contribution in [2.75, 3.05) is 26.8 Å². The fourth-order valence-corrected chi connectivity index (χ4v) is 2.72. The minimum Gasteiger partial charge on any atom is -0.383 e. The van der Waals surface area contributed by atoms with Crippen LogP contribution in [0.15, 0.2) is 23.2 Å². The molecule has 0 unspecified atom stereocenters. The summed E-state index contributed by atoms with van der Waals surface area (Å²) in [5, 5.41) is 14.9. The number of benzene rings is 1. The van der Waals surface area contributed by atoms with Crippen LogP contribution in [0.1, 0.15) is 28.3 Å². The summed E-state index contributed by atoms with van der Waals surface area (Å²) in [6, 6.07) is 6.65. The second-order valence-electron chi connectivity index (χ2n) is 6.48. The van der Waals surface area contributed by atoms with Gasteiger partial charge in [-0.3, -0.25) is 0 Å². The van der Waals surface area contributed by atoms with Gasteiger partial charge in [0.15, 0.2) is 11.8 Å². The zero-order chi connectivity index (χ0) is 18.9. The first-order valence-electron chi connectivity index (χ1n) is 8.92. The van der Waals surface area contributed by atoms with E-state index in [2.05, 4.69) is 57.9 Å². The van der Waals surface area contributed by atoms with Crippen LogP contribution in [0.25, 0.3) is 0 Å². The Morgan fingerprint density at radius 3 is 2.38 bits per heavy atom. The van der Waals surface area contributed by atoms with E-state index in [1.54, 1.807) is 7.11 Å². The molecule has 1 aromatic heterocycles. The van der Waals surface area contributed by atoms with Gasteiger partial charge in [0.05, 0.1) is 6.61 Å². The molecule has 0 aliphatic carbocycles. The average Bonchev–Trinajstić information content (AvgIpc) is 2.90. The summed E-state index contributed by atoms with van der Waals surface area (Å²) in [6.45, 7) is 8.80. The van der Waals surface area contributed by atoms with Gasteiger partial charge in [0, 0.05) is 27.2 Å². The Balaban J connectivity index is 1.95. The highest BCUT2D eigenvalue weighted by Crippen LogP contribution is 2.09. The molecule has 0 saturated heterocycles. The number of guanidine groups is 1. The van der Waals surface area contributed by atoms with Gasteiger partial charge in [0.1, 0.15) is 12.4 Å². The van der Waals surface area contributed by atoms with Gasteiger partial charge in [0.25, 0.3) is 0 Å². The third-order valence-electron chi connectivity index (χ3n) is 4.15. The van der Waals surface area contributed by atoms with Crippen LogP contribution in [0.3, 0.4) is 0 Å². The van der Waals surface area contributed by atoms with Crippen LogP contribution in [-0.4, -0.2) is 47.5 Å².